The number of benzene rings is 1. The Bertz CT molecular complexity index is 418. The van der Waals surface area contributed by atoms with E-state index in [1.54, 1.807) is 0 Å². The average molecular weight is 245 g/mol. The van der Waals surface area contributed by atoms with Crippen LogP contribution in [0.1, 0.15) is 19.3 Å². The molecule has 3 rings (SSSR count). The molecule has 2 aliphatic rings. The van der Waals surface area contributed by atoms with E-state index in [-0.39, 0.29) is 0 Å². The van der Waals surface area contributed by atoms with Gasteiger partial charge in [0.2, 0.25) is 0 Å². The van der Waals surface area contributed by atoms with E-state index in [9.17, 15) is 0 Å². The highest BCUT2D eigenvalue weighted by Crippen LogP contribution is 2.34. The van der Waals surface area contributed by atoms with E-state index in [1.807, 2.05) is 0 Å². The van der Waals surface area contributed by atoms with Crippen molar-refractivity contribution in [2.24, 2.45) is 11.7 Å². The third-order valence-electron chi connectivity index (χ3n) is 4.51. The van der Waals surface area contributed by atoms with E-state index in [4.69, 9.17) is 5.73 Å². The quantitative estimate of drug-likeness (QED) is 0.866. The summed E-state index contributed by atoms with van der Waals surface area (Å²) in [5, 5.41) is 0. The van der Waals surface area contributed by atoms with Crippen molar-refractivity contribution in [3.8, 4) is 0 Å². The van der Waals surface area contributed by atoms with E-state index in [0.29, 0.717) is 12.0 Å². The Kier molecular flexibility index (Phi) is 3.16. The molecular weight excluding hydrogens is 222 g/mol. The number of rotatable bonds is 2. The van der Waals surface area contributed by atoms with E-state index >= 15 is 0 Å². The molecule has 1 aromatic rings. The van der Waals surface area contributed by atoms with Crippen LogP contribution in [0.25, 0.3) is 0 Å². The van der Waals surface area contributed by atoms with Gasteiger partial charge in [-0.25, -0.2) is 0 Å². The molecule has 2 unspecified atom stereocenters. The van der Waals surface area contributed by atoms with Gasteiger partial charge in [0.15, 0.2) is 0 Å². The van der Waals surface area contributed by atoms with Crippen LogP contribution in [-0.4, -0.2) is 32.7 Å². The molecule has 1 aliphatic heterocycles. The van der Waals surface area contributed by atoms with Crippen molar-refractivity contribution in [3.63, 3.8) is 0 Å². The number of hydrogen-bond acceptors (Lipinski definition) is 3. The molecular formula is C15H23N3. The fourth-order valence-corrected chi connectivity index (χ4v) is 3.33. The van der Waals surface area contributed by atoms with Gasteiger partial charge in [0.1, 0.15) is 0 Å². The molecule has 1 heterocycles. The van der Waals surface area contributed by atoms with E-state index in [0.717, 1.165) is 19.6 Å². The Morgan fingerprint density at radius 2 is 1.94 bits per heavy atom. The number of nitrogens with two attached hydrogens (primary N) is 1. The lowest BCUT2D eigenvalue weighted by Gasteiger charge is -2.38. The molecule has 0 radical (unpaired) electrons. The lowest BCUT2D eigenvalue weighted by molar-refractivity contribution is 0.470. The van der Waals surface area contributed by atoms with Crippen LogP contribution in [0.3, 0.4) is 0 Å². The zero-order valence-corrected chi connectivity index (χ0v) is 11.2. The first-order valence-corrected chi connectivity index (χ1v) is 7.06. The van der Waals surface area contributed by atoms with E-state index < -0.39 is 0 Å². The summed E-state index contributed by atoms with van der Waals surface area (Å²) in [4.78, 5) is 4.88. The van der Waals surface area contributed by atoms with Gasteiger partial charge in [-0.2, -0.15) is 0 Å². The van der Waals surface area contributed by atoms with Gasteiger partial charge >= 0.3 is 0 Å². The van der Waals surface area contributed by atoms with Crippen LogP contribution in [0.15, 0.2) is 24.3 Å². The Balaban J connectivity index is 1.79. The van der Waals surface area contributed by atoms with Gasteiger partial charge in [0.25, 0.3) is 0 Å². The number of hydrogen-bond donors (Lipinski definition) is 1. The fraction of sp³-hybridized carbons (Fsp3) is 0.600. The minimum atomic E-state index is 0.414. The topological polar surface area (TPSA) is 32.5 Å². The Hall–Kier alpha value is -1.22. The summed E-state index contributed by atoms with van der Waals surface area (Å²) in [6.45, 7) is 3.36. The van der Waals surface area contributed by atoms with Gasteiger partial charge in [-0.05, 0) is 30.9 Å². The van der Waals surface area contributed by atoms with Crippen molar-refractivity contribution in [3.05, 3.63) is 24.3 Å². The standard InChI is InChI=1S/C15H23N3/c1-17-9-10-18(11-12-5-4-6-13(12)16)15-8-3-2-7-14(15)17/h2-3,7-8,12-13H,4-6,9-11,16H2,1H3. The summed E-state index contributed by atoms with van der Waals surface area (Å²) in [6, 6.07) is 9.14. The van der Waals surface area contributed by atoms with Crippen LogP contribution < -0.4 is 15.5 Å². The molecule has 1 aliphatic carbocycles. The molecule has 3 heteroatoms. The molecule has 0 spiro atoms. The van der Waals surface area contributed by atoms with Crippen LogP contribution in [0, 0.1) is 5.92 Å². The van der Waals surface area contributed by atoms with Crippen molar-refractivity contribution in [2.45, 2.75) is 25.3 Å². The first-order chi connectivity index (χ1) is 8.75. The molecule has 98 valence electrons. The second kappa shape index (κ2) is 4.81. The summed E-state index contributed by atoms with van der Waals surface area (Å²) in [5.74, 6) is 0.682. The van der Waals surface area contributed by atoms with Gasteiger partial charge in [0, 0.05) is 32.7 Å². The maximum absolute atomic E-state index is 6.21. The summed E-state index contributed by atoms with van der Waals surface area (Å²) < 4.78 is 0. The molecule has 2 atom stereocenters. The summed E-state index contributed by atoms with van der Waals surface area (Å²) in [5.41, 5.74) is 8.94. The van der Waals surface area contributed by atoms with Gasteiger partial charge in [-0.15, -0.1) is 0 Å². The largest absolute Gasteiger partial charge is 0.371 e. The minimum Gasteiger partial charge on any atom is -0.371 e. The van der Waals surface area contributed by atoms with Crippen molar-refractivity contribution in [1.29, 1.82) is 0 Å². The summed E-state index contributed by atoms with van der Waals surface area (Å²) >= 11 is 0. The highest BCUT2D eigenvalue weighted by Gasteiger charge is 2.28. The van der Waals surface area contributed by atoms with Gasteiger partial charge in [-0.3, -0.25) is 0 Å². The zero-order chi connectivity index (χ0) is 12.5. The van der Waals surface area contributed by atoms with Crippen molar-refractivity contribution in [1.82, 2.24) is 0 Å². The van der Waals surface area contributed by atoms with Gasteiger partial charge in [0.05, 0.1) is 11.4 Å². The Morgan fingerprint density at radius 1 is 1.17 bits per heavy atom. The fourth-order valence-electron chi connectivity index (χ4n) is 3.33. The van der Waals surface area contributed by atoms with Crippen LogP contribution in [0.5, 0.6) is 0 Å². The molecule has 2 N–H and O–H groups in total. The molecule has 0 bridgehead atoms. The molecule has 0 aromatic heterocycles. The van der Waals surface area contributed by atoms with Crippen molar-refractivity contribution >= 4 is 11.4 Å². The predicted octanol–water partition coefficient (Wildman–Crippen LogP) is 2.07. The molecule has 3 nitrogen and oxygen atoms in total. The monoisotopic (exact) mass is 245 g/mol. The van der Waals surface area contributed by atoms with Crippen LogP contribution in [0.4, 0.5) is 11.4 Å². The van der Waals surface area contributed by atoms with Crippen molar-refractivity contribution in [2.75, 3.05) is 36.5 Å². The number of likely N-dealkylation sites (N-methyl/N-ethyl adjacent to an activating group) is 1. The number of para-hydroxylation sites is 2. The second-order valence-electron chi connectivity index (χ2n) is 5.71. The number of anilines is 2. The van der Waals surface area contributed by atoms with Crippen LogP contribution >= 0.6 is 0 Å². The molecule has 0 amide bonds. The Morgan fingerprint density at radius 3 is 2.67 bits per heavy atom. The lowest BCUT2D eigenvalue weighted by Crippen LogP contribution is -2.43. The van der Waals surface area contributed by atoms with E-state index in [1.165, 1.54) is 30.6 Å². The van der Waals surface area contributed by atoms with Crippen molar-refractivity contribution < 1.29 is 0 Å². The smallest absolute Gasteiger partial charge is 0.0604 e. The third-order valence-corrected chi connectivity index (χ3v) is 4.51. The maximum Gasteiger partial charge on any atom is 0.0604 e. The highest BCUT2D eigenvalue weighted by molar-refractivity contribution is 5.73. The van der Waals surface area contributed by atoms with Gasteiger partial charge < -0.3 is 15.5 Å². The number of nitrogens with zero attached hydrogens (tertiary/aromatic N) is 2. The zero-order valence-electron chi connectivity index (χ0n) is 11.2. The molecule has 18 heavy (non-hydrogen) atoms. The van der Waals surface area contributed by atoms with Crippen LogP contribution in [-0.2, 0) is 0 Å². The summed E-state index contributed by atoms with van der Waals surface area (Å²) in [7, 11) is 2.18. The second-order valence-corrected chi connectivity index (χ2v) is 5.71. The van der Waals surface area contributed by atoms with Gasteiger partial charge in [-0.1, -0.05) is 18.6 Å². The predicted molar refractivity (Wildman–Crippen MR) is 77.2 cm³/mol. The first kappa shape index (κ1) is 11.8. The molecule has 1 fully saturated rings. The Labute approximate surface area is 110 Å². The summed E-state index contributed by atoms with van der Waals surface area (Å²) in [6.07, 6.45) is 3.82. The SMILES string of the molecule is CN1CCN(CC2CCCC2N)c2ccccc21. The minimum absolute atomic E-state index is 0.414. The molecule has 0 saturated heterocycles. The normalized spacial score (nSPS) is 27.4. The molecule has 1 aromatic carbocycles. The average Bonchev–Trinajstić information content (AvgIpc) is 2.79. The maximum atomic E-state index is 6.21. The molecule has 1 saturated carbocycles. The van der Waals surface area contributed by atoms with Crippen LogP contribution in [0.2, 0.25) is 0 Å². The third kappa shape index (κ3) is 2.07. The lowest BCUT2D eigenvalue weighted by atomic mass is 10.0. The van der Waals surface area contributed by atoms with E-state index in [2.05, 4.69) is 41.1 Å². The highest BCUT2D eigenvalue weighted by atomic mass is 15.3. The first-order valence-electron chi connectivity index (χ1n) is 7.06. The number of fused-ring (bicyclic) bond motifs is 1.